The number of nitrogens with zero attached hydrogens (tertiary/aromatic N) is 8. The molecule has 0 amide bonds. The first-order valence-corrected chi connectivity index (χ1v) is 8.52. The molecule has 4 aromatic heterocycles. The summed E-state index contributed by atoms with van der Waals surface area (Å²) in [5.41, 5.74) is 11.6. The van der Waals surface area contributed by atoms with Gasteiger partial charge in [0.05, 0.1) is 12.7 Å². The van der Waals surface area contributed by atoms with Crippen molar-refractivity contribution in [2.75, 3.05) is 11.5 Å². The molecule has 28 heavy (non-hydrogen) atoms. The monoisotopic (exact) mass is 411 g/mol. The van der Waals surface area contributed by atoms with Crippen LogP contribution in [0.4, 0.5) is 20.4 Å². The van der Waals surface area contributed by atoms with Crippen molar-refractivity contribution in [3.05, 3.63) is 24.8 Å². The molecule has 0 saturated heterocycles. The van der Waals surface area contributed by atoms with Crippen molar-refractivity contribution in [1.29, 1.82) is 0 Å². The van der Waals surface area contributed by atoms with E-state index in [9.17, 15) is 13.3 Å². The molecule has 0 fully saturated rings. The van der Waals surface area contributed by atoms with Crippen LogP contribution in [0.25, 0.3) is 22.3 Å². The Balaban J connectivity index is 1.42. The van der Waals surface area contributed by atoms with Crippen LogP contribution in [0.3, 0.4) is 0 Å². The Bertz CT molecular complexity index is 1120. The van der Waals surface area contributed by atoms with E-state index in [2.05, 4.69) is 29.9 Å². The predicted molar refractivity (Wildman–Crippen MR) is 89.2 cm³/mol. The molecule has 16 heteroatoms. The zero-order valence-corrected chi connectivity index (χ0v) is 14.6. The highest BCUT2D eigenvalue weighted by molar-refractivity contribution is 7.33. The van der Waals surface area contributed by atoms with Crippen molar-refractivity contribution in [1.82, 2.24) is 39.0 Å². The number of anilines is 2. The highest BCUT2D eigenvalue weighted by atomic mass is 31.1. The van der Waals surface area contributed by atoms with Gasteiger partial charge in [-0.3, -0.25) is 9.13 Å². The molecule has 0 aliphatic rings. The van der Waals surface area contributed by atoms with E-state index in [0.717, 1.165) is 0 Å². The summed E-state index contributed by atoms with van der Waals surface area (Å²) in [7, 11) is -2.62. The Kier molecular flexibility index (Phi) is 4.46. The number of rotatable bonds is 6. The van der Waals surface area contributed by atoms with Crippen molar-refractivity contribution in [2.45, 2.75) is 13.5 Å². The third-order valence-electron chi connectivity index (χ3n) is 3.53. The van der Waals surface area contributed by atoms with Gasteiger partial charge in [-0.15, -0.1) is 0 Å². The Morgan fingerprint density at radius 2 is 1.29 bits per heavy atom. The number of fused-ring (bicyclic) bond motifs is 2. The van der Waals surface area contributed by atoms with E-state index >= 15 is 0 Å². The Hall–Kier alpha value is -3.42. The topological polar surface area (TPSA) is 175 Å². The van der Waals surface area contributed by atoms with E-state index in [4.69, 9.17) is 20.5 Å². The molecule has 0 bridgehead atoms. The van der Waals surface area contributed by atoms with Crippen LogP contribution < -0.4 is 11.5 Å². The van der Waals surface area contributed by atoms with E-state index in [1.807, 2.05) is 0 Å². The number of hydrogen-bond acceptors (Lipinski definition) is 11. The lowest BCUT2D eigenvalue weighted by Crippen LogP contribution is -2.04. The third-order valence-corrected chi connectivity index (χ3v) is 4.18. The van der Waals surface area contributed by atoms with Gasteiger partial charge in [-0.05, 0) is 0 Å². The van der Waals surface area contributed by atoms with Crippen LogP contribution in [0.2, 0.25) is 0 Å². The first-order valence-electron chi connectivity index (χ1n) is 7.43. The van der Waals surface area contributed by atoms with Crippen molar-refractivity contribution in [2.24, 2.45) is 0 Å². The summed E-state index contributed by atoms with van der Waals surface area (Å²) >= 11 is 0. The van der Waals surface area contributed by atoms with Crippen molar-refractivity contribution >= 4 is 42.2 Å². The van der Waals surface area contributed by atoms with Gasteiger partial charge in [0.1, 0.15) is 0 Å². The SMILES string of the molecule is Nc1nc(F)nc2c1ncn2CO[P+](=O)OCn1cnc2c(N)nc(F)nc21. The Morgan fingerprint density at radius 3 is 1.71 bits per heavy atom. The fourth-order valence-corrected chi connectivity index (χ4v) is 2.83. The minimum atomic E-state index is -2.62. The highest BCUT2D eigenvalue weighted by Crippen LogP contribution is 2.27. The summed E-state index contributed by atoms with van der Waals surface area (Å²) in [4.78, 5) is 21.7. The molecular weight excluding hydrogens is 401 g/mol. The molecule has 4 heterocycles. The lowest BCUT2D eigenvalue weighted by atomic mass is 10.5. The van der Waals surface area contributed by atoms with Gasteiger partial charge in [-0.1, -0.05) is 9.05 Å². The molecular formula is C12H10F2N10O3P+. The lowest BCUT2D eigenvalue weighted by Gasteiger charge is -2.00. The summed E-state index contributed by atoms with van der Waals surface area (Å²) in [5.74, 6) is -0.273. The quantitative estimate of drug-likeness (QED) is 0.338. The van der Waals surface area contributed by atoms with Crippen molar-refractivity contribution in [3.63, 3.8) is 0 Å². The lowest BCUT2D eigenvalue weighted by molar-refractivity contribution is 0.160. The molecule has 4 aromatic rings. The zero-order valence-electron chi connectivity index (χ0n) is 13.7. The molecule has 0 spiro atoms. The maximum Gasteiger partial charge on any atom is 0.701 e. The van der Waals surface area contributed by atoms with Gasteiger partial charge >= 0.3 is 20.4 Å². The van der Waals surface area contributed by atoms with Crippen LogP contribution in [0.15, 0.2) is 12.7 Å². The summed E-state index contributed by atoms with van der Waals surface area (Å²) in [6.07, 6.45) is 0.467. The molecule has 13 nitrogen and oxygen atoms in total. The predicted octanol–water partition coefficient (Wildman–Crippen LogP) is 0.714. The van der Waals surface area contributed by atoms with Crippen LogP contribution in [0.1, 0.15) is 0 Å². The van der Waals surface area contributed by atoms with Gasteiger partial charge in [0.2, 0.25) is 0 Å². The Morgan fingerprint density at radius 1 is 0.857 bits per heavy atom. The number of imidazole rings is 2. The molecule has 0 aliphatic carbocycles. The second-order valence-electron chi connectivity index (χ2n) is 5.27. The first kappa shape index (κ1) is 18.0. The normalized spacial score (nSPS) is 11.5. The fraction of sp³-hybridized carbons (Fsp3) is 0.167. The molecule has 0 atom stereocenters. The van der Waals surface area contributed by atoms with Crippen LogP contribution >= 0.6 is 8.25 Å². The molecule has 0 saturated carbocycles. The average Bonchev–Trinajstić information content (AvgIpc) is 3.22. The van der Waals surface area contributed by atoms with Gasteiger partial charge in [0.15, 0.2) is 47.4 Å². The standard InChI is InChI=1S/C12H10F2N10O3P/c13-11-19-7(15)5-9(21-11)23(1-17-5)3-26-28(25)27-4-24-2-18-6-8(16)20-12(14)22-10(6)24/h1-2H,3-4H2,(H2,15,19,21)(H2,16,20,22)/q+1. The smallest absolute Gasteiger partial charge is 0.382 e. The molecule has 4 rings (SSSR count). The molecule has 0 radical (unpaired) electrons. The highest BCUT2D eigenvalue weighted by Gasteiger charge is 2.23. The molecule has 0 aromatic carbocycles. The van der Waals surface area contributed by atoms with Gasteiger partial charge in [-0.2, -0.15) is 28.7 Å². The second-order valence-corrected chi connectivity index (χ2v) is 6.23. The summed E-state index contributed by atoms with van der Waals surface area (Å²) in [6, 6.07) is 0. The minimum Gasteiger partial charge on any atom is -0.382 e. The first-order chi connectivity index (χ1) is 13.4. The van der Waals surface area contributed by atoms with Crippen LogP contribution in [0.5, 0.6) is 0 Å². The van der Waals surface area contributed by atoms with Crippen molar-refractivity contribution < 1.29 is 22.4 Å². The van der Waals surface area contributed by atoms with Crippen molar-refractivity contribution in [3.8, 4) is 0 Å². The van der Waals surface area contributed by atoms with E-state index < -0.39 is 20.4 Å². The maximum absolute atomic E-state index is 13.3. The van der Waals surface area contributed by atoms with Gasteiger partial charge < -0.3 is 11.5 Å². The minimum absolute atomic E-state index is 0.0663. The zero-order chi connectivity index (χ0) is 19.8. The van der Waals surface area contributed by atoms with Gasteiger partial charge in [0.25, 0.3) is 0 Å². The van der Waals surface area contributed by atoms with E-state index in [-0.39, 0.29) is 47.4 Å². The van der Waals surface area contributed by atoms with E-state index in [0.29, 0.717) is 0 Å². The Labute approximate surface area is 154 Å². The molecule has 144 valence electrons. The summed E-state index contributed by atoms with van der Waals surface area (Å²) < 4.78 is 51.2. The number of nitrogen functional groups attached to an aromatic ring is 2. The van der Waals surface area contributed by atoms with Crippen LogP contribution in [-0.4, -0.2) is 39.0 Å². The maximum atomic E-state index is 13.3. The average molecular weight is 411 g/mol. The molecule has 0 aliphatic heterocycles. The third kappa shape index (κ3) is 3.28. The molecule has 0 unspecified atom stereocenters. The van der Waals surface area contributed by atoms with Gasteiger partial charge in [-0.25, -0.2) is 9.97 Å². The fourth-order valence-electron chi connectivity index (χ4n) is 2.32. The summed E-state index contributed by atoms with van der Waals surface area (Å²) in [6.45, 7) is -0.619. The van der Waals surface area contributed by atoms with Gasteiger partial charge in [0, 0.05) is 4.57 Å². The molecule has 4 N–H and O–H groups in total. The second kappa shape index (κ2) is 6.95. The largest absolute Gasteiger partial charge is 0.701 e. The summed E-state index contributed by atoms with van der Waals surface area (Å²) in [5, 5.41) is 0. The number of aromatic nitrogens is 8. The number of nitrogens with two attached hydrogens (primary N) is 2. The van der Waals surface area contributed by atoms with Crippen LogP contribution in [-0.2, 0) is 27.1 Å². The van der Waals surface area contributed by atoms with E-state index in [1.54, 1.807) is 0 Å². The van der Waals surface area contributed by atoms with E-state index in [1.165, 1.54) is 21.8 Å². The number of halogens is 2. The number of hydrogen-bond donors (Lipinski definition) is 2. The van der Waals surface area contributed by atoms with Crippen LogP contribution in [0, 0.1) is 12.2 Å².